The standard InChI is InChI=1S/C7H11ClN2S.ClH/c1-5-6(4-8)10(3)7(9-2)11-5;/h4H2,1-3H3;1H/b9-7-;. The van der Waals surface area contributed by atoms with Gasteiger partial charge < -0.3 is 4.57 Å². The van der Waals surface area contributed by atoms with Crippen molar-refractivity contribution in [3.8, 4) is 0 Å². The third kappa shape index (κ3) is 2.03. The lowest BCUT2D eigenvalue weighted by Crippen LogP contribution is -2.11. The van der Waals surface area contributed by atoms with Gasteiger partial charge in [0.2, 0.25) is 0 Å². The number of halogens is 2. The van der Waals surface area contributed by atoms with Gasteiger partial charge in [0.1, 0.15) is 0 Å². The summed E-state index contributed by atoms with van der Waals surface area (Å²) in [6, 6.07) is 0. The fourth-order valence-electron chi connectivity index (χ4n) is 0.995. The van der Waals surface area contributed by atoms with Crippen LogP contribution in [0.15, 0.2) is 4.99 Å². The van der Waals surface area contributed by atoms with Gasteiger partial charge in [-0.25, -0.2) is 0 Å². The maximum Gasteiger partial charge on any atom is 0.184 e. The van der Waals surface area contributed by atoms with Crippen LogP contribution in [-0.4, -0.2) is 11.6 Å². The van der Waals surface area contributed by atoms with Gasteiger partial charge in [0.05, 0.1) is 5.88 Å². The van der Waals surface area contributed by atoms with Crippen LogP contribution in [0.1, 0.15) is 10.6 Å². The van der Waals surface area contributed by atoms with Gasteiger partial charge in [0.15, 0.2) is 4.80 Å². The molecule has 0 spiro atoms. The van der Waals surface area contributed by atoms with Gasteiger partial charge in [-0.3, -0.25) is 4.99 Å². The molecular weight excluding hydrogens is 215 g/mol. The predicted octanol–water partition coefficient (Wildman–Crippen LogP) is 2.09. The molecule has 1 aromatic heterocycles. The summed E-state index contributed by atoms with van der Waals surface area (Å²) in [5, 5.41) is 0. The molecule has 0 saturated heterocycles. The molecule has 1 rings (SSSR count). The second kappa shape index (κ2) is 4.90. The number of rotatable bonds is 1. The van der Waals surface area contributed by atoms with E-state index in [0.717, 1.165) is 10.5 Å². The van der Waals surface area contributed by atoms with Crippen molar-refractivity contribution in [2.75, 3.05) is 7.05 Å². The van der Waals surface area contributed by atoms with Crippen LogP contribution in [-0.2, 0) is 12.9 Å². The maximum absolute atomic E-state index is 5.75. The summed E-state index contributed by atoms with van der Waals surface area (Å²) in [6.45, 7) is 2.07. The van der Waals surface area contributed by atoms with Gasteiger partial charge >= 0.3 is 0 Å². The molecule has 0 radical (unpaired) electrons. The highest BCUT2D eigenvalue weighted by molar-refractivity contribution is 7.09. The van der Waals surface area contributed by atoms with Crippen LogP contribution >= 0.6 is 35.3 Å². The van der Waals surface area contributed by atoms with Crippen LogP contribution in [0.3, 0.4) is 0 Å². The minimum atomic E-state index is 0. The van der Waals surface area contributed by atoms with E-state index in [0.29, 0.717) is 5.88 Å². The summed E-state index contributed by atoms with van der Waals surface area (Å²) >= 11 is 7.43. The molecule has 0 fully saturated rings. The molecule has 0 aliphatic heterocycles. The van der Waals surface area contributed by atoms with E-state index < -0.39 is 0 Å². The summed E-state index contributed by atoms with van der Waals surface area (Å²) in [5.74, 6) is 0.564. The molecule has 70 valence electrons. The highest BCUT2D eigenvalue weighted by Crippen LogP contribution is 2.11. The van der Waals surface area contributed by atoms with Crippen molar-refractivity contribution < 1.29 is 0 Å². The number of nitrogens with zero attached hydrogens (tertiary/aromatic N) is 2. The normalized spacial score (nSPS) is 11.5. The number of aromatic nitrogens is 1. The Bertz CT molecular complexity index is 314. The lowest BCUT2D eigenvalue weighted by atomic mass is 10.4. The molecule has 0 atom stereocenters. The number of hydrogen-bond donors (Lipinski definition) is 0. The van der Waals surface area contributed by atoms with Gasteiger partial charge in [0, 0.05) is 24.7 Å². The molecule has 0 aliphatic carbocycles. The van der Waals surface area contributed by atoms with Crippen LogP contribution in [0.25, 0.3) is 0 Å². The molecule has 1 heterocycles. The smallest absolute Gasteiger partial charge is 0.184 e. The van der Waals surface area contributed by atoms with E-state index in [2.05, 4.69) is 11.9 Å². The van der Waals surface area contributed by atoms with E-state index >= 15 is 0 Å². The van der Waals surface area contributed by atoms with E-state index in [1.54, 1.807) is 18.4 Å². The number of aryl methyl sites for hydroxylation is 1. The Kier molecular flexibility index (Phi) is 4.90. The lowest BCUT2D eigenvalue weighted by molar-refractivity contribution is 0.817. The fourth-order valence-corrected chi connectivity index (χ4v) is 2.39. The third-order valence-electron chi connectivity index (χ3n) is 1.66. The monoisotopic (exact) mass is 226 g/mol. The number of hydrogen-bond acceptors (Lipinski definition) is 2. The van der Waals surface area contributed by atoms with Crippen molar-refractivity contribution in [1.29, 1.82) is 0 Å². The van der Waals surface area contributed by atoms with Crippen molar-refractivity contribution in [2.24, 2.45) is 12.0 Å². The Morgan fingerprint density at radius 1 is 1.58 bits per heavy atom. The van der Waals surface area contributed by atoms with Crippen molar-refractivity contribution in [3.05, 3.63) is 15.4 Å². The first-order valence-corrected chi connectivity index (χ1v) is 4.70. The zero-order chi connectivity index (χ0) is 8.43. The minimum Gasteiger partial charge on any atom is -0.323 e. The third-order valence-corrected chi connectivity index (χ3v) is 3.09. The van der Waals surface area contributed by atoms with E-state index in [4.69, 9.17) is 11.6 Å². The van der Waals surface area contributed by atoms with Crippen LogP contribution < -0.4 is 4.80 Å². The zero-order valence-corrected chi connectivity index (χ0v) is 9.68. The van der Waals surface area contributed by atoms with Crippen LogP contribution in [0.4, 0.5) is 0 Å². The van der Waals surface area contributed by atoms with Crippen molar-refractivity contribution in [1.82, 2.24) is 4.57 Å². The quantitative estimate of drug-likeness (QED) is 0.653. The molecule has 1 aromatic rings. The summed E-state index contributed by atoms with van der Waals surface area (Å²) in [4.78, 5) is 6.40. The van der Waals surface area contributed by atoms with Gasteiger partial charge in [-0.2, -0.15) is 0 Å². The number of alkyl halides is 1. The molecule has 0 N–H and O–H groups in total. The van der Waals surface area contributed by atoms with Gasteiger partial charge in [0.25, 0.3) is 0 Å². The summed E-state index contributed by atoms with van der Waals surface area (Å²) in [7, 11) is 3.78. The molecule has 2 nitrogen and oxygen atoms in total. The molecule has 0 aromatic carbocycles. The first-order chi connectivity index (χ1) is 5.20. The zero-order valence-electron chi connectivity index (χ0n) is 7.30. The average Bonchev–Trinajstić information content (AvgIpc) is 2.26. The molecule has 0 saturated carbocycles. The average molecular weight is 227 g/mol. The Morgan fingerprint density at radius 2 is 2.17 bits per heavy atom. The molecule has 0 unspecified atom stereocenters. The van der Waals surface area contributed by atoms with E-state index in [1.807, 2.05) is 11.6 Å². The second-order valence-corrected chi connectivity index (χ2v) is 3.75. The Balaban J connectivity index is 0.00000121. The lowest BCUT2D eigenvalue weighted by Gasteiger charge is -1.96. The van der Waals surface area contributed by atoms with Crippen molar-refractivity contribution in [2.45, 2.75) is 12.8 Å². The van der Waals surface area contributed by atoms with E-state index in [1.165, 1.54) is 4.88 Å². The van der Waals surface area contributed by atoms with Crippen molar-refractivity contribution in [3.63, 3.8) is 0 Å². The molecular formula is C7H12Cl2N2S. The first-order valence-electron chi connectivity index (χ1n) is 3.34. The second-order valence-electron chi connectivity index (χ2n) is 2.30. The van der Waals surface area contributed by atoms with Gasteiger partial charge in [-0.1, -0.05) is 0 Å². The fraction of sp³-hybridized carbons (Fsp3) is 0.571. The summed E-state index contributed by atoms with van der Waals surface area (Å²) in [5.41, 5.74) is 1.16. The van der Waals surface area contributed by atoms with E-state index in [-0.39, 0.29) is 12.4 Å². The molecule has 5 heteroatoms. The minimum absolute atomic E-state index is 0. The Hall–Kier alpha value is 0.01000. The molecule has 0 bridgehead atoms. The molecule has 0 amide bonds. The summed E-state index contributed by atoms with van der Waals surface area (Å²) in [6.07, 6.45) is 0. The Labute approximate surface area is 87.3 Å². The highest BCUT2D eigenvalue weighted by atomic mass is 35.5. The van der Waals surface area contributed by atoms with Crippen LogP contribution in [0, 0.1) is 6.92 Å². The van der Waals surface area contributed by atoms with Gasteiger partial charge in [-0.15, -0.1) is 35.3 Å². The van der Waals surface area contributed by atoms with Gasteiger partial charge in [-0.05, 0) is 6.92 Å². The van der Waals surface area contributed by atoms with Crippen LogP contribution in [0.2, 0.25) is 0 Å². The topological polar surface area (TPSA) is 17.3 Å². The SMILES string of the molecule is C/N=c1\sc(C)c(CCl)n1C.Cl. The molecule has 0 aliphatic rings. The van der Waals surface area contributed by atoms with Crippen LogP contribution in [0.5, 0.6) is 0 Å². The highest BCUT2D eigenvalue weighted by Gasteiger charge is 2.03. The molecule has 12 heavy (non-hydrogen) atoms. The predicted molar refractivity (Wildman–Crippen MR) is 56.3 cm³/mol. The maximum atomic E-state index is 5.75. The summed E-state index contributed by atoms with van der Waals surface area (Å²) < 4.78 is 2.03. The largest absolute Gasteiger partial charge is 0.323 e. The number of thiazole rings is 1. The van der Waals surface area contributed by atoms with Crippen molar-refractivity contribution >= 4 is 35.3 Å². The first kappa shape index (κ1) is 12.0. The Morgan fingerprint density at radius 3 is 2.42 bits per heavy atom. The van der Waals surface area contributed by atoms with E-state index in [9.17, 15) is 0 Å².